The Bertz CT molecular complexity index is 190. The summed E-state index contributed by atoms with van der Waals surface area (Å²) in [5.41, 5.74) is 0. The van der Waals surface area contributed by atoms with Crippen molar-refractivity contribution in [1.29, 1.82) is 0 Å². The summed E-state index contributed by atoms with van der Waals surface area (Å²) < 4.78 is 5.38. The summed E-state index contributed by atoms with van der Waals surface area (Å²) in [6.45, 7) is 3.10. The van der Waals surface area contributed by atoms with Crippen molar-refractivity contribution in [2.45, 2.75) is 37.8 Å². The van der Waals surface area contributed by atoms with Gasteiger partial charge >= 0.3 is 0 Å². The molecular weight excluding hydrogens is 188 g/mol. The Hall–Kier alpha value is -0.120. The number of nitrogens with zero attached hydrogens (tertiary/aromatic N) is 1. The van der Waals surface area contributed by atoms with Crippen LogP contribution in [0.2, 0.25) is 0 Å². The topological polar surface area (TPSA) is 24.5 Å². The molecule has 2 aliphatic rings. The fraction of sp³-hybridized carbons (Fsp3) is 1.00. The summed E-state index contributed by atoms with van der Waals surface area (Å²) in [6.07, 6.45) is 5.26. The highest BCUT2D eigenvalue weighted by atomic mass is 16.5. The molecular formula is C12H24N2O. The molecule has 0 aromatic carbocycles. The monoisotopic (exact) mass is 212 g/mol. The average molecular weight is 212 g/mol. The van der Waals surface area contributed by atoms with E-state index < -0.39 is 0 Å². The molecule has 2 fully saturated rings. The van der Waals surface area contributed by atoms with E-state index in [1.807, 2.05) is 0 Å². The molecule has 1 N–H and O–H groups in total. The van der Waals surface area contributed by atoms with Crippen LogP contribution in [0.5, 0.6) is 0 Å². The van der Waals surface area contributed by atoms with Gasteiger partial charge in [0.2, 0.25) is 0 Å². The van der Waals surface area contributed by atoms with E-state index in [1.54, 1.807) is 0 Å². The normalized spacial score (nSPS) is 36.6. The first kappa shape index (κ1) is 11.4. The van der Waals surface area contributed by atoms with Gasteiger partial charge in [0.25, 0.3) is 0 Å². The van der Waals surface area contributed by atoms with E-state index in [2.05, 4.69) is 24.3 Å². The Morgan fingerprint density at radius 3 is 2.73 bits per heavy atom. The zero-order chi connectivity index (χ0) is 10.7. The molecule has 0 amide bonds. The molecule has 3 unspecified atom stereocenters. The Morgan fingerprint density at radius 2 is 2.13 bits per heavy atom. The van der Waals surface area contributed by atoms with Gasteiger partial charge in [-0.15, -0.1) is 0 Å². The number of ether oxygens (including phenoxy) is 1. The van der Waals surface area contributed by atoms with Crippen LogP contribution < -0.4 is 5.32 Å². The van der Waals surface area contributed by atoms with Gasteiger partial charge in [-0.3, -0.25) is 0 Å². The number of hydrogen-bond acceptors (Lipinski definition) is 3. The maximum Gasteiger partial charge on any atom is 0.0507 e. The van der Waals surface area contributed by atoms with Crippen LogP contribution in [0.15, 0.2) is 0 Å². The fourth-order valence-electron chi connectivity index (χ4n) is 2.69. The molecule has 1 heterocycles. The Morgan fingerprint density at radius 1 is 1.27 bits per heavy atom. The molecule has 0 aromatic rings. The highest BCUT2D eigenvalue weighted by Gasteiger charge is 2.26. The first-order valence-corrected chi connectivity index (χ1v) is 6.23. The summed E-state index contributed by atoms with van der Waals surface area (Å²) in [7, 11) is 4.38. The lowest BCUT2D eigenvalue weighted by molar-refractivity contribution is 0.184. The summed E-state index contributed by atoms with van der Waals surface area (Å²) in [5, 5.41) is 3.70. The van der Waals surface area contributed by atoms with Gasteiger partial charge in [0.1, 0.15) is 0 Å². The van der Waals surface area contributed by atoms with Crippen molar-refractivity contribution in [2.75, 3.05) is 33.9 Å². The van der Waals surface area contributed by atoms with E-state index in [-0.39, 0.29) is 0 Å². The van der Waals surface area contributed by atoms with Crippen molar-refractivity contribution >= 4 is 0 Å². The minimum atomic E-state index is 0.748. The average Bonchev–Trinajstić information content (AvgIpc) is 2.86. The molecule has 0 spiro atoms. The first-order valence-electron chi connectivity index (χ1n) is 6.23. The summed E-state index contributed by atoms with van der Waals surface area (Å²) in [5.74, 6) is 0.767. The molecule has 2 rings (SSSR count). The van der Waals surface area contributed by atoms with E-state index >= 15 is 0 Å². The molecule has 1 saturated carbocycles. The van der Waals surface area contributed by atoms with Crippen molar-refractivity contribution in [3.05, 3.63) is 0 Å². The van der Waals surface area contributed by atoms with Crippen LogP contribution in [-0.4, -0.2) is 50.8 Å². The first-order chi connectivity index (χ1) is 7.25. The molecule has 0 aromatic heterocycles. The SMILES string of the molecule is CN(C)C1CCC(NCC2CCOC2)C1. The Kier molecular flexibility index (Phi) is 4.00. The molecule has 1 aliphatic carbocycles. The predicted octanol–water partition coefficient (Wildman–Crippen LogP) is 1.10. The van der Waals surface area contributed by atoms with Crippen molar-refractivity contribution < 1.29 is 4.74 Å². The zero-order valence-corrected chi connectivity index (χ0v) is 10.0. The van der Waals surface area contributed by atoms with Crippen LogP contribution in [0.4, 0.5) is 0 Å². The van der Waals surface area contributed by atoms with Gasteiger partial charge in [-0.05, 0) is 45.7 Å². The van der Waals surface area contributed by atoms with E-state index in [1.165, 1.54) is 25.7 Å². The third-order valence-corrected chi connectivity index (χ3v) is 3.85. The molecule has 3 nitrogen and oxygen atoms in total. The molecule has 1 aliphatic heterocycles. The third-order valence-electron chi connectivity index (χ3n) is 3.85. The molecule has 88 valence electrons. The number of rotatable bonds is 4. The maximum atomic E-state index is 5.38. The van der Waals surface area contributed by atoms with E-state index in [0.717, 1.165) is 37.8 Å². The van der Waals surface area contributed by atoms with E-state index in [0.29, 0.717) is 0 Å². The smallest absolute Gasteiger partial charge is 0.0507 e. The van der Waals surface area contributed by atoms with Gasteiger partial charge in [0.15, 0.2) is 0 Å². The number of hydrogen-bond donors (Lipinski definition) is 1. The van der Waals surface area contributed by atoms with Crippen LogP contribution in [0, 0.1) is 5.92 Å². The molecule has 3 atom stereocenters. The lowest BCUT2D eigenvalue weighted by Gasteiger charge is -2.20. The second kappa shape index (κ2) is 5.28. The van der Waals surface area contributed by atoms with Crippen LogP contribution >= 0.6 is 0 Å². The van der Waals surface area contributed by atoms with Gasteiger partial charge < -0.3 is 15.0 Å². The third kappa shape index (κ3) is 3.16. The van der Waals surface area contributed by atoms with Gasteiger partial charge in [-0.25, -0.2) is 0 Å². The molecule has 0 bridgehead atoms. The van der Waals surface area contributed by atoms with Crippen molar-refractivity contribution in [3.8, 4) is 0 Å². The van der Waals surface area contributed by atoms with Crippen LogP contribution in [0.1, 0.15) is 25.7 Å². The van der Waals surface area contributed by atoms with Gasteiger partial charge in [0.05, 0.1) is 6.61 Å². The van der Waals surface area contributed by atoms with Crippen LogP contribution in [-0.2, 0) is 4.74 Å². The minimum absolute atomic E-state index is 0.748. The fourth-order valence-corrected chi connectivity index (χ4v) is 2.69. The molecule has 0 radical (unpaired) electrons. The second-order valence-electron chi connectivity index (χ2n) is 5.27. The largest absolute Gasteiger partial charge is 0.381 e. The summed E-state index contributed by atoms with van der Waals surface area (Å²) in [4.78, 5) is 2.36. The summed E-state index contributed by atoms with van der Waals surface area (Å²) >= 11 is 0. The Balaban J connectivity index is 1.64. The van der Waals surface area contributed by atoms with Crippen LogP contribution in [0.25, 0.3) is 0 Å². The molecule has 3 heteroatoms. The van der Waals surface area contributed by atoms with E-state index in [4.69, 9.17) is 4.74 Å². The van der Waals surface area contributed by atoms with Crippen molar-refractivity contribution in [3.63, 3.8) is 0 Å². The maximum absolute atomic E-state index is 5.38. The van der Waals surface area contributed by atoms with Gasteiger partial charge in [-0.1, -0.05) is 0 Å². The highest BCUT2D eigenvalue weighted by Crippen LogP contribution is 2.23. The quantitative estimate of drug-likeness (QED) is 0.755. The lowest BCUT2D eigenvalue weighted by Crippen LogP contribution is -2.34. The highest BCUT2D eigenvalue weighted by molar-refractivity contribution is 4.85. The van der Waals surface area contributed by atoms with Crippen molar-refractivity contribution in [2.24, 2.45) is 5.92 Å². The number of nitrogens with one attached hydrogen (secondary N) is 1. The zero-order valence-electron chi connectivity index (χ0n) is 10.0. The van der Waals surface area contributed by atoms with Crippen molar-refractivity contribution in [1.82, 2.24) is 10.2 Å². The molecule has 1 saturated heterocycles. The second-order valence-corrected chi connectivity index (χ2v) is 5.27. The standard InChI is InChI=1S/C12H24N2O/c1-14(2)12-4-3-11(7-12)13-8-10-5-6-15-9-10/h10-13H,3-9H2,1-2H3. The predicted molar refractivity (Wildman–Crippen MR) is 62.0 cm³/mol. The van der Waals surface area contributed by atoms with Crippen LogP contribution in [0.3, 0.4) is 0 Å². The summed E-state index contributed by atoms with van der Waals surface area (Å²) in [6, 6.07) is 1.54. The van der Waals surface area contributed by atoms with E-state index in [9.17, 15) is 0 Å². The Labute approximate surface area is 93.2 Å². The van der Waals surface area contributed by atoms with Gasteiger partial charge in [-0.2, -0.15) is 0 Å². The lowest BCUT2D eigenvalue weighted by atomic mass is 10.1. The molecule has 15 heavy (non-hydrogen) atoms. The van der Waals surface area contributed by atoms with Gasteiger partial charge in [0, 0.05) is 25.2 Å². The minimum Gasteiger partial charge on any atom is -0.381 e.